The predicted molar refractivity (Wildman–Crippen MR) is 93.4 cm³/mol. The summed E-state index contributed by atoms with van der Waals surface area (Å²) in [4.78, 5) is 0. The first-order valence-electron chi connectivity index (χ1n) is 8.43. The molecular formula is C20H15ClF5NO. The number of nitriles is 1. The quantitative estimate of drug-likeness (QED) is 0.667. The zero-order chi connectivity index (χ0) is 20.8. The van der Waals surface area contributed by atoms with Gasteiger partial charge in [-0.1, -0.05) is 17.7 Å². The van der Waals surface area contributed by atoms with E-state index in [1.807, 2.05) is 0 Å². The van der Waals surface area contributed by atoms with E-state index in [0.717, 1.165) is 19.1 Å². The Kier molecular flexibility index (Phi) is 5.39. The molecule has 148 valence electrons. The van der Waals surface area contributed by atoms with E-state index in [2.05, 4.69) is 0 Å². The van der Waals surface area contributed by atoms with Gasteiger partial charge in [0.15, 0.2) is 6.17 Å². The Morgan fingerprint density at radius 3 is 2.61 bits per heavy atom. The Balaban J connectivity index is 2.16. The summed E-state index contributed by atoms with van der Waals surface area (Å²) in [6.45, 7) is 0.961. The Morgan fingerprint density at radius 2 is 2.00 bits per heavy atom. The largest absolute Gasteiger partial charge is 0.382 e. The highest BCUT2D eigenvalue weighted by molar-refractivity contribution is 6.31. The van der Waals surface area contributed by atoms with Crippen molar-refractivity contribution in [3.05, 3.63) is 68.5 Å². The van der Waals surface area contributed by atoms with Gasteiger partial charge >= 0.3 is 0 Å². The maximum Gasteiger partial charge on any atom is 0.281 e. The summed E-state index contributed by atoms with van der Waals surface area (Å²) in [6.07, 6.45) is -7.23. The number of halogens is 6. The lowest BCUT2D eigenvalue weighted by Gasteiger charge is -2.18. The number of hydrogen-bond donors (Lipinski definition) is 1. The topological polar surface area (TPSA) is 44.0 Å². The van der Waals surface area contributed by atoms with Crippen molar-refractivity contribution in [1.82, 2.24) is 0 Å². The van der Waals surface area contributed by atoms with Gasteiger partial charge in [-0.15, -0.1) is 0 Å². The third-order valence-electron chi connectivity index (χ3n) is 4.92. The van der Waals surface area contributed by atoms with Gasteiger partial charge in [0.2, 0.25) is 0 Å². The van der Waals surface area contributed by atoms with Crippen molar-refractivity contribution in [1.29, 1.82) is 5.26 Å². The fraction of sp³-hybridized carbons (Fsp3) is 0.350. The van der Waals surface area contributed by atoms with Crippen molar-refractivity contribution < 1.29 is 27.1 Å². The molecule has 0 saturated heterocycles. The van der Waals surface area contributed by atoms with Crippen LogP contribution in [0.25, 0.3) is 0 Å². The van der Waals surface area contributed by atoms with Crippen LogP contribution in [0, 0.1) is 17.1 Å². The van der Waals surface area contributed by atoms with E-state index < -0.39 is 36.6 Å². The van der Waals surface area contributed by atoms with Gasteiger partial charge in [-0.2, -0.15) is 5.26 Å². The molecule has 0 radical (unpaired) electrons. The van der Waals surface area contributed by atoms with Crippen molar-refractivity contribution >= 4 is 11.6 Å². The number of fused-ring (bicyclic) bond motifs is 1. The van der Waals surface area contributed by atoms with Gasteiger partial charge in [0.1, 0.15) is 18.1 Å². The lowest BCUT2D eigenvalue weighted by Crippen LogP contribution is -2.21. The van der Waals surface area contributed by atoms with Crippen LogP contribution >= 0.6 is 11.6 Å². The van der Waals surface area contributed by atoms with Crippen LogP contribution in [0.2, 0.25) is 5.02 Å². The molecule has 0 saturated carbocycles. The molecule has 28 heavy (non-hydrogen) atoms. The average Bonchev–Trinajstić information content (AvgIpc) is 2.87. The number of alkyl halides is 4. The molecular weight excluding hydrogens is 401 g/mol. The van der Waals surface area contributed by atoms with E-state index >= 15 is 0 Å². The van der Waals surface area contributed by atoms with E-state index in [1.165, 1.54) is 12.1 Å². The zero-order valence-corrected chi connectivity index (χ0v) is 15.4. The summed E-state index contributed by atoms with van der Waals surface area (Å²) in [5.41, 5.74) is -0.309. The smallest absolute Gasteiger partial charge is 0.281 e. The highest BCUT2D eigenvalue weighted by atomic mass is 35.5. The van der Waals surface area contributed by atoms with Gasteiger partial charge < -0.3 is 5.11 Å². The molecule has 0 amide bonds. The van der Waals surface area contributed by atoms with Crippen molar-refractivity contribution in [2.24, 2.45) is 0 Å². The molecule has 0 heterocycles. The maximum atomic E-state index is 14.4. The van der Waals surface area contributed by atoms with Crippen molar-refractivity contribution in [2.75, 3.05) is 0 Å². The standard InChI is InChI=1S/C20H15ClF5NO/c1-9(22)18(24)14-6-12(23)4-11(8-27)13(14)5-10-2-3-16(21)17-15(10)7-20(25,26)19(17)28/h2-4,6,9,18-19,28H,5,7H2,1H3. The molecule has 3 unspecified atom stereocenters. The number of aliphatic hydroxyl groups excluding tert-OH is 1. The van der Waals surface area contributed by atoms with E-state index in [1.54, 1.807) is 6.07 Å². The fourth-order valence-corrected chi connectivity index (χ4v) is 3.81. The Morgan fingerprint density at radius 1 is 1.32 bits per heavy atom. The first-order valence-corrected chi connectivity index (χ1v) is 8.81. The third-order valence-corrected chi connectivity index (χ3v) is 5.25. The summed E-state index contributed by atoms with van der Waals surface area (Å²) < 4.78 is 69.8. The zero-order valence-electron chi connectivity index (χ0n) is 14.6. The molecule has 2 aromatic carbocycles. The number of aliphatic hydroxyl groups is 1. The van der Waals surface area contributed by atoms with E-state index in [4.69, 9.17) is 11.6 Å². The van der Waals surface area contributed by atoms with Crippen molar-refractivity contribution in [3.8, 4) is 6.07 Å². The van der Waals surface area contributed by atoms with E-state index in [-0.39, 0.29) is 44.8 Å². The molecule has 1 N–H and O–H groups in total. The minimum Gasteiger partial charge on any atom is -0.382 e. The van der Waals surface area contributed by atoms with E-state index in [0.29, 0.717) is 0 Å². The molecule has 3 rings (SSSR count). The molecule has 0 fully saturated rings. The second-order valence-electron chi connectivity index (χ2n) is 6.83. The van der Waals surface area contributed by atoms with Crippen LogP contribution in [0.5, 0.6) is 0 Å². The molecule has 0 bridgehead atoms. The van der Waals surface area contributed by atoms with Gasteiger partial charge in [-0.05, 0) is 53.8 Å². The molecule has 0 aromatic heterocycles. The van der Waals surface area contributed by atoms with Crippen LogP contribution in [0.3, 0.4) is 0 Å². The summed E-state index contributed by atoms with van der Waals surface area (Å²) >= 11 is 5.96. The monoisotopic (exact) mass is 415 g/mol. The van der Waals surface area contributed by atoms with Crippen LogP contribution in [-0.2, 0) is 12.8 Å². The molecule has 0 spiro atoms. The van der Waals surface area contributed by atoms with Crippen LogP contribution in [0.15, 0.2) is 24.3 Å². The molecule has 8 heteroatoms. The second kappa shape index (κ2) is 7.34. The number of rotatable bonds is 4. The highest BCUT2D eigenvalue weighted by Crippen LogP contribution is 2.47. The molecule has 0 aliphatic heterocycles. The van der Waals surface area contributed by atoms with Crippen LogP contribution in [0.1, 0.15) is 52.6 Å². The SMILES string of the molecule is CC(F)C(F)c1cc(F)cc(C#N)c1Cc1ccc(Cl)c2c1CC(F)(F)C2O. The Hall–Kier alpha value is -2.17. The van der Waals surface area contributed by atoms with Gasteiger partial charge in [-0.25, -0.2) is 22.0 Å². The lowest BCUT2D eigenvalue weighted by molar-refractivity contribution is -0.0968. The maximum absolute atomic E-state index is 14.4. The minimum atomic E-state index is -3.43. The molecule has 2 nitrogen and oxygen atoms in total. The first kappa shape index (κ1) is 20.6. The third kappa shape index (κ3) is 3.47. The Bertz CT molecular complexity index is 970. The second-order valence-corrected chi connectivity index (χ2v) is 7.24. The van der Waals surface area contributed by atoms with Gasteiger partial charge in [0, 0.05) is 17.0 Å². The molecule has 1 aliphatic carbocycles. The minimum absolute atomic E-state index is 0.00938. The summed E-state index contributed by atoms with van der Waals surface area (Å²) in [5, 5.41) is 19.2. The van der Waals surface area contributed by atoms with Crippen LogP contribution in [-0.4, -0.2) is 17.2 Å². The lowest BCUT2D eigenvalue weighted by atomic mass is 9.89. The fourth-order valence-electron chi connectivity index (χ4n) is 3.53. The first-order chi connectivity index (χ1) is 13.1. The van der Waals surface area contributed by atoms with Crippen LogP contribution < -0.4 is 0 Å². The summed E-state index contributed by atoms with van der Waals surface area (Å²) in [6, 6.07) is 6.17. The van der Waals surface area contributed by atoms with Gasteiger partial charge in [-0.3, -0.25) is 0 Å². The van der Waals surface area contributed by atoms with Crippen LogP contribution in [0.4, 0.5) is 22.0 Å². The molecule has 1 aliphatic rings. The number of nitrogens with zero attached hydrogens (tertiary/aromatic N) is 1. The highest BCUT2D eigenvalue weighted by Gasteiger charge is 2.48. The van der Waals surface area contributed by atoms with Crippen molar-refractivity contribution in [2.45, 2.75) is 44.1 Å². The normalized spacial score (nSPS) is 19.8. The summed E-state index contributed by atoms with van der Waals surface area (Å²) in [5.74, 6) is -4.33. The molecule has 2 aromatic rings. The van der Waals surface area contributed by atoms with Gasteiger partial charge in [0.05, 0.1) is 11.6 Å². The van der Waals surface area contributed by atoms with Crippen molar-refractivity contribution in [3.63, 3.8) is 0 Å². The van der Waals surface area contributed by atoms with E-state index in [9.17, 15) is 32.3 Å². The number of hydrogen-bond acceptors (Lipinski definition) is 2. The Labute approximate surface area is 163 Å². The number of benzene rings is 2. The predicted octanol–water partition coefficient (Wildman–Crippen LogP) is 5.53. The summed E-state index contributed by atoms with van der Waals surface area (Å²) in [7, 11) is 0. The average molecular weight is 416 g/mol. The molecule has 3 atom stereocenters. The van der Waals surface area contributed by atoms with Gasteiger partial charge in [0.25, 0.3) is 5.92 Å².